The zero-order valence-electron chi connectivity index (χ0n) is 7.32. The molecule has 0 aromatic heterocycles. The number of hydrogen-bond acceptors (Lipinski definition) is 4. The van der Waals surface area contributed by atoms with Crippen LogP contribution in [0.15, 0.2) is 0 Å². The molecule has 0 saturated heterocycles. The molecule has 0 aromatic carbocycles. The second-order valence-corrected chi connectivity index (χ2v) is 3.43. The highest BCUT2D eigenvalue weighted by atomic mass is 32.2. The lowest BCUT2D eigenvalue weighted by Gasteiger charge is -2.17. The second-order valence-electron chi connectivity index (χ2n) is 2.44. The van der Waals surface area contributed by atoms with Crippen LogP contribution in [0.1, 0.15) is 6.42 Å². The third kappa shape index (κ3) is 3.94. The van der Waals surface area contributed by atoms with Crippen molar-refractivity contribution >= 4 is 17.7 Å². The molecular weight excluding hydrogens is 178 g/mol. The maximum absolute atomic E-state index is 10.5. The number of methoxy groups -OCH3 is 1. The molecule has 0 bridgehead atoms. The largest absolute Gasteiger partial charge is 0.479 e. The van der Waals surface area contributed by atoms with E-state index in [0.717, 1.165) is 5.75 Å². The van der Waals surface area contributed by atoms with E-state index in [2.05, 4.69) is 0 Å². The van der Waals surface area contributed by atoms with Gasteiger partial charge in [-0.3, -0.25) is 0 Å². The highest BCUT2D eigenvalue weighted by Gasteiger charge is 2.23. The molecule has 3 N–H and O–H groups in total. The van der Waals surface area contributed by atoms with Gasteiger partial charge < -0.3 is 15.6 Å². The first-order chi connectivity index (χ1) is 5.63. The maximum Gasteiger partial charge on any atom is 0.334 e. The van der Waals surface area contributed by atoms with Gasteiger partial charge in [0.15, 0.2) is 6.10 Å². The molecule has 0 radical (unpaired) electrons. The van der Waals surface area contributed by atoms with E-state index >= 15 is 0 Å². The van der Waals surface area contributed by atoms with Gasteiger partial charge in [-0.2, -0.15) is 11.8 Å². The Bertz CT molecular complexity index is 143. The predicted molar refractivity (Wildman–Crippen MR) is 49.4 cm³/mol. The summed E-state index contributed by atoms with van der Waals surface area (Å²) in [4.78, 5) is 10.5. The van der Waals surface area contributed by atoms with Gasteiger partial charge in [-0.1, -0.05) is 0 Å². The molecule has 0 spiro atoms. The molecule has 0 rings (SSSR count). The molecule has 0 heterocycles. The van der Waals surface area contributed by atoms with Gasteiger partial charge in [-0.05, 0) is 18.4 Å². The van der Waals surface area contributed by atoms with Gasteiger partial charge in [-0.15, -0.1) is 0 Å². The Morgan fingerprint density at radius 2 is 2.33 bits per heavy atom. The SMILES string of the molecule is COC(C(=O)O)[C@H](N)CCSC. The molecule has 0 fully saturated rings. The Kier molecular flexibility index (Phi) is 6.14. The van der Waals surface area contributed by atoms with E-state index < -0.39 is 18.1 Å². The zero-order valence-corrected chi connectivity index (χ0v) is 8.13. The van der Waals surface area contributed by atoms with Gasteiger partial charge in [0.05, 0.1) is 0 Å². The Morgan fingerprint density at radius 1 is 1.75 bits per heavy atom. The summed E-state index contributed by atoms with van der Waals surface area (Å²) in [6.07, 6.45) is 1.73. The van der Waals surface area contributed by atoms with Gasteiger partial charge in [0, 0.05) is 13.2 Å². The van der Waals surface area contributed by atoms with E-state index in [-0.39, 0.29) is 0 Å². The van der Waals surface area contributed by atoms with Crippen molar-refractivity contribution in [3.8, 4) is 0 Å². The summed E-state index contributed by atoms with van der Waals surface area (Å²) in [5, 5.41) is 8.63. The highest BCUT2D eigenvalue weighted by Crippen LogP contribution is 2.04. The van der Waals surface area contributed by atoms with Gasteiger partial charge in [0.25, 0.3) is 0 Å². The zero-order chi connectivity index (χ0) is 9.56. The summed E-state index contributed by atoms with van der Waals surface area (Å²) < 4.78 is 4.74. The molecule has 0 aliphatic heterocycles. The van der Waals surface area contributed by atoms with Gasteiger partial charge in [-0.25, -0.2) is 4.79 Å². The van der Waals surface area contributed by atoms with E-state index in [9.17, 15) is 4.79 Å². The predicted octanol–water partition coefficient (Wildman–Crippen LogP) is 0.166. The van der Waals surface area contributed by atoms with Crippen molar-refractivity contribution in [2.24, 2.45) is 5.73 Å². The normalized spacial score (nSPS) is 15.6. The van der Waals surface area contributed by atoms with E-state index in [0.29, 0.717) is 6.42 Å². The van der Waals surface area contributed by atoms with Crippen molar-refractivity contribution < 1.29 is 14.6 Å². The summed E-state index contributed by atoms with van der Waals surface area (Å²) in [5.74, 6) is -0.139. The molecule has 0 saturated carbocycles. The van der Waals surface area contributed by atoms with Crippen LogP contribution in [0.5, 0.6) is 0 Å². The first kappa shape index (κ1) is 11.7. The third-order valence-corrected chi connectivity index (χ3v) is 2.19. The first-order valence-corrected chi connectivity index (χ1v) is 5.03. The van der Waals surface area contributed by atoms with Crippen molar-refractivity contribution in [1.29, 1.82) is 0 Å². The third-order valence-electron chi connectivity index (χ3n) is 1.54. The molecule has 0 amide bonds. The van der Waals surface area contributed by atoms with Crippen molar-refractivity contribution in [3.63, 3.8) is 0 Å². The smallest absolute Gasteiger partial charge is 0.334 e. The lowest BCUT2D eigenvalue weighted by molar-refractivity contribution is -0.149. The molecule has 5 heteroatoms. The minimum Gasteiger partial charge on any atom is -0.479 e. The number of ether oxygens (including phenoxy) is 1. The molecular formula is C7H15NO3S. The fourth-order valence-electron chi connectivity index (χ4n) is 0.864. The number of carboxylic acid groups (broad SMARTS) is 1. The first-order valence-electron chi connectivity index (χ1n) is 3.63. The van der Waals surface area contributed by atoms with E-state index in [1.807, 2.05) is 6.26 Å². The van der Waals surface area contributed by atoms with Crippen LogP contribution in [0.25, 0.3) is 0 Å². The number of rotatable bonds is 6. The summed E-state index contributed by atoms with van der Waals surface area (Å²) in [7, 11) is 1.36. The van der Waals surface area contributed by atoms with Crippen molar-refractivity contribution in [2.75, 3.05) is 19.1 Å². The van der Waals surface area contributed by atoms with Gasteiger partial charge in [0.1, 0.15) is 0 Å². The Labute approximate surface area is 76.5 Å². The number of nitrogens with two attached hydrogens (primary N) is 1. The van der Waals surface area contributed by atoms with Gasteiger partial charge in [0.2, 0.25) is 0 Å². The standard InChI is InChI=1S/C7H15NO3S/c1-11-6(7(9)10)5(8)3-4-12-2/h5-6H,3-4,8H2,1-2H3,(H,9,10)/t5-,6?/m1/s1. The van der Waals surface area contributed by atoms with Crippen LogP contribution in [0.4, 0.5) is 0 Å². The van der Waals surface area contributed by atoms with Crippen LogP contribution in [0.3, 0.4) is 0 Å². The van der Waals surface area contributed by atoms with Crippen LogP contribution < -0.4 is 5.73 Å². The maximum atomic E-state index is 10.5. The summed E-state index contributed by atoms with van der Waals surface area (Å²) in [6, 6.07) is -0.417. The Balaban J connectivity index is 3.85. The Morgan fingerprint density at radius 3 is 2.67 bits per heavy atom. The van der Waals surface area contributed by atoms with E-state index in [1.165, 1.54) is 7.11 Å². The highest BCUT2D eigenvalue weighted by molar-refractivity contribution is 7.98. The molecule has 0 aliphatic rings. The monoisotopic (exact) mass is 193 g/mol. The quantitative estimate of drug-likeness (QED) is 0.629. The second kappa shape index (κ2) is 6.28. The number of hydrogen-bond donors (Lipinski definition) is 2. The van der Waals surface area contributed by atoms with Crippen LogP contribution >= 0.6 is 11.8 Å². The summed E-state index contributed by atoms with van der Waals surface area (Å²) in [5.41, 5.74) is 5.60. The van der Waals surface area contributed by atoms with Crippen LogP contribution in [0, 0.1) is 0 Å². The van der Waals surface area contributed by atoms with Crippen molar-refractivity contribution in [2.45, 2.75) is 18.6 Å². The minimum absolute atomic E-state index is 0.417. The molecule has 72 valence electrons. The van der Waals surface area contributed by atoms with Crippen LogP contribution in [0.2, 0.25) is 0 Å². The van der Waals surface area contributed by atoms with Crippen LogP contribution in [-0.2, 0) is 9.53 Å². The number of carboxylic acids is 1. The van der Waals surface area contributed by atoms with E-state index in [4.69, 9.17) is 15.6 Å². The van der Waals surface area contributed by atoms with Crippen LogP contribution in [-0.4, -0.2) is 42.3 Å². The molecule has 1 unspecified atom stereocenters. The molecule has 4 nitrogen and oxygen atoms in total. The number of carbonyl (C=O) groups is 1. The number of aliphatic carboxylic acids is 1. The molecule has 2 atom stereocenters. The lowest BCUT2D eigenvalue weighted by atomic mass is 10.1. The lowest BCUT2D eigenvalue weighted by Crippen LogP contribution is -2.42. The average molecular weight is 193 g/mol. The average Bonchev–Trinajstić information content (AvgIpc) is 2.01. The minimum atomic E-state index is -0.994. The molecule has 0 aromatic rings. The molecule has 0 aliphatic carbocycles. The number of thioether (sulfide) groups is 1. The fraction of sp³-hybridized carbons (Fsp3) is 0.857. The topological polar surface area (TPSA) is 72.5 Å². The van der Waals surface area contributed by atoms with Gasteiger partial charge >= 0.3 is 5.97 Å². The van der Waals surface area contributed by atoms with Crippen molar-refractivity contribution in [1.82, 2.24) is 0 Å². The van der Waals surface area contributed by atoms with Crippen molar-refractivity contribution in [3.05, 3.63) is 0 Å². The Hall–Kier alpha value is -0.260. The summed E-state index contributed by atoms with van der Waals surface area (Å²) >= 11 is 1.64. The fourth-order valence-corrected chi connectivity index (χ4v) is 1.37. The summed E-state index contributed by atoms with van der Waals surface area (Å²) in [6.45, 7) is 0. The van der Waals surface area contributed by atoms with E-state index in [1.54, 1.807) is 11.8 Å². The molecule has 12 heavy (non-hydrogen) atoms.